The number of carbonyl (C=O) groups excluding carboxylic acids is 1. The van der Waals surface area contributed by atoms with Crippen molar-refractivity contribution in [1.29, 1.82) is 0 Å². The van der Waals surface area contributed by atoms with Crippen molar-refractivity contribution in [1.82, 2.24) is 14.5 Å². The van der Waals surface area contributed by atoms with Crippen LogP contribution in [-0.4, -0.2) is 20.4 Å². The summed E-state index contributed by atoms with van der Waals surface area (Å²) in [5.41, 5.74) is 3.72. The number of aryl methyl sites for hydroxylation is 3. The highest BCUT2D eigenvalue weighted by Gasteiger charge is 2.14. The quantitative estimate of drug-likeness (QED) is 0.548. The Kier molecular flexibility index (Phi) is 4.82. The SMILES string of the molecule is Cc1ccc(-c2csc(NC(=O)Cn3cnc4sc(C)c(C)c4c3=O)n2)cc1. The largest absolute Gasteiger partial charge is 0.300 e. The molecule has 0 radical (unpaired) electrons. The Hall–Kier alpha value is -2.84. The molecule has 8 heteroatoms. The average Bonchev–Trinajstić information content (AvgIpc) is 3.23. The minimum Gasteiger partial charge on any atom is -0.300 e. The van der Waals surface area contributed by atoms with Crippen LogP contribution < -0.4 is 10.9 Å². The number of thiazole rings is 1. The molecule has 3 heterocycles. The fourth-order valence-corrected chi connectivity index (χ4v) is 4.61. The summed E-state index contributed by atoms with van der Waals surface area (Å²) in [5, 5.41) is 5.77. The van der Waals surface area contributed by atoms with Crippen LogP contribution in [0, 0.1) is 20.8 Å². The molecule has 4 aromatic rings. The van der Waals surface area contributed by atoms with E-state index in [9.17, 15) is 9.59 Å². The van der Waals surface area contributed by atoms with E-state index in [4.69, 9.17) is 0 Å². The van der Waals surface area contributed by atoms with Gasteiger partial charge in [-0.05, 0) is 26.3 Å². The zero-order valence-corrected chi connectivity index (χ0v) is 17.3. The first-order valence-corrected chi connectivity index (χ1v) is 10.4. The molecular formula is C20H18N4O2S2. The van der Waals surface area contributed by atoms with E-state index in [1.165, 1.54) is 39.1 Å². The second-order valence-corrected chi connectivity index (χ2v) is 8.65. The van der Waals surface area contributed by atoms with Crippen LogP contribution in [0.3, 0.4) is 0 Å². The molecule has 0 saturated heterocycles. The Morgan fingerprint density at radius 2 is 1.93 bits per heavy atom. The second-order valence-electron chi connectivity index (χ2n) is 6.59. The first kappa shape index (κ1) is 18.5. The Bertz CT molecular complexity index is 1240. The van der Waals surface area contributed by atoms with Gasteiger partial charge >= 0.3 is 0 Å². The lowest BCUT2D eigenvalue weighted by atomic mass is 10.1. The number of hydrogen-bond donors (Lipinski definition) is 1. The molecule has 1 N–H and O–H groups in total. The number of fused-ring (bicyclic) bond motifs is 1. The van der Waals surface area contributed by atoms with Crippen LogP contribution in [0.1, 0.15) is 16.0 Å². The molecule has 4 rings (SSSR count). The third-order valence-electron chi connectivity index (χ3n) is 4.57. The van der Waals surface area contributed by atoms with Crippen molar-refractivity contribution in [2.24, 2.45) is 0 Å². The van der Waals surface area contributed by atoms with Crippen LogP contribution in [0.5, 0.6) is 0 Å². The van der Waals surface area contributed by atoms with E-state index >= 15 is 0 Å². The summed E-state index contributed by atoms with van der Waals surface area (Å²) in [4.78, 5) is 35.7. The van der Waals surface area contributed by atoms with Gasteiger partial charge in [0.25, 0.3) is 5.56 Å². The monoisotopic (exact) mass is 410 g/mol. The number of rotatable bonds is 4. The summed E-state index contributed by atoms with van der Waals surface area (Å²) in [5.74, 6) is -0.308. The fourth-order valence-electron chi connectivity index (χ4n) is 2.88. The number of hydrogen-bond acceptors (Lipinski definition) is 6. The van der Waals surface area contributed by atoms with Gasteiger partial charge < -0.3 is 5.32 Å². The molecule has 0 atom stereocenters. The predicted molar refractivity (Wildman–Crippen MR) is 114 cm³/mol. The summed E-state index contributed by atoms with van der Waals surface area (Å²) < 4.78 is 1.34. The van der Waals surface area contributed by atoms with Crippen LogP contribution in [0.15, 0.2) is 40.8 Å². The van der Waals surface area contributed by atoms with Gasteiger partial charge in [-0.2, -0.15) is 0 Å². The number of amides is 1. The topological polar surface area (TPSA) is 76.9 Å². The van der Waals surface area contributed by atoms with Gasteiger partial charge in [-0.3, -0.25) is 14.2 Å². The number of thiophene rings is 1. The molecular weight excluding hydrogens is 392 g/mol. The lowest BCUT2D eigenvalue weighted by molar-refractivity contribution is -0.116. The van der Waals surface area contributed by atoms with E-state index < -0.39 is 0 Å². The minimum absolute atomic E-state index is 0.102. The van der Waals surface area contributed by atoms with Gasteiger partial charge in [0.05, 0.1) is 17.4 Å². The molecule has 0 unspecified atom stereocenters. The van der Waals surface area contributed by atoms with Crippen molar-refractivity contribution >= 4 is 43.9 Å². The van der Waals surface area contributed by atoms with Crippen LogP contribution >= 0.6 is 22.7 Å². The van der Waals surface area contributed by atoms with E-state index in [-0.39, 0.29) is 18.0 Å². The van der Waals surface area contributed by atoms with E-state index in [1.807, 2.05) is 50.4 Å². The van der Waals surface area contributed by atoms with E-state index in [2.05, 4.69) is 15.3 Å². The van der Waals surface area contributed by atoms with Crippen molar-refractivity contribution in [2.45, 2.75) is 27.3 Å². The summed E-state index contributed by atoms with van der Waals surface area (Å²) in [6, 6.07) is 8.05. The highest BCUT2D eigenvalue weighted by Crippen LogP contribution is 2.26. The van der Waals surface area contributed by atoms with E-state index in [0.29, 0.717) is 15.3 Å². The number of benzene rings is 1. The lowest BCUT2D eigenvalue weighted by Crippen LogP contribution is -2.27. The highest BCUT2D eigenvalue weighted by atomic mass is 32.1. The Labute approximate surface area is 169 Å². The van der Waals surface area contributed by atoms with Crippen molar-refractivity contribution in [2.75, 3.05) is 5.32 Å². The summed E-state index contributed by atoms with van der Waals surface area (Å²) in [7, 11) is 0. The minimum atomic E-state index is -0.308. The smallest absolute Gasteiger partial charge is 0.262 e. The fraction of sp³-hybridized carbons (Fsp3) is 0.200. The normalized spacial score (nSPS) is 11.1. The molecule has 0 spiro atoms. The van der Waals surface area contributed by atoms with Crippen molar-refractivity contribution < 1.29 is 4.79 Å². The van der Waals surface area contributed by atoms with Gasteiger partial charge in [0, 0.05) is 15.8 Å². The first-order valence-electron chi connectivity index (χ1n) is 8.70. The molecule has 1 aromatic carbocycles. The highest BCUT2D eigenvalue weighted by molar-refractivity contribution is 7.18. The van der Waals surface area contributed by atoms with Crippen molar-refractivity contribution in [3.8, 4) is 11.3 Å². The van der Waals surface area contributed by atoms with Crippen LogP contribution in [0.25, 0.3) is 21.5 Å². The summed E-state index contributed by atoms with van der Waals surface area (Å²) in [6.45, 7) is 5.80. The maximum absolute atomic E-state index is 12.7. The molecule has 3 aromatic heterocycles. The first-order chi connectivity index (χ1) is 13.4. The maximum Gasteiger partial charge on any atom is 0.262 e. The van der Waals surface area contributed by atoms with Crippen LogP contribution in [0.2, 0.25) is 0 Å². The lowest BCUT2D eigenvalue weighted by Gasteiger charge is -2.05. The maximum atomic E-state index is 12.7. The van der Waals surface area contributed by atoms with Gasteiger partial charge in [0.1, 0.15) is 11.4 Å². The Morgan fingerprint density at radius 1 is 1.18 bits per heavy atom. The van der Waals surface area contributed by atoms with Crippen molar-refractivity contribution in [3.63, 3.8) is 0 Å². The molecule has 0 aliphatic heterocycles. The molecule has 0 aliphatic rings. The Balaban J connectivity index is 1.51. The van der Waals surface area contributed by atoms with Crippen LogP contribution in [0.4, 0.5) is 5.13 Å². The van der Waals surface area contributed by atoms with Crippen LogP contribution in [-0.2, 0) is 11.3 Å². The van der Waals surface area contributed by atoms with E-state index in [0.717, 1.165) is 21.7 Å². The number of anilines is 1. The van der Waals surface area contributed by atoms with Gasteiger partial charge in [-0.15, -0.1) is 22.7 Å². The molecule has 1 amide bonds. The second kappa shape index (κ2) is 7.29. The van der Waals surface area contributed by atoms with E-state index in [1.54, 1.807) is 0 Å². The number of carbonyl (C=O) groups is 1. The van der Waals surface area contributed by atoms with Gasteiger partial charge in [0.15, 0.2) is 5.13 Å². The standard InChI is InChI=1S/C20H18N4O2S2/c1-11-4-6-14(7-5-11)15-9-27-20(22-15)23-16(25)8-24-10-21-18-17(19(24)26)12(2)13(3)28-18/h4-7,9-10H,8H2,1-3H3,(H,22,23,25). The summed E-state index contributed by atoms with van der Waals surface area (Å²) in [6.07, 6.45) is 1.43. The third-order valence-corrected chi connectivity index (χ3v) is 6.44. The third kappa shape index (κ3) is 3.48. The van der Waals surface area contributed by atoms with Gasteiger partial charge in [-0.25, -0.2) is 9.97 Å². The number of nitrogens with zero attached hydrogens (tertiary/aromatic N) is 3. The number of nitrogens with one attached hydrogen (secondary N) is 1. The molecule has 0 aliphatic carbocycles. The van der Waals surface area contributed by atoms with Crippen molar-refractivity contribution in [3.05, 3.63) is 62.3 Å². The molecule has 28 heavy (non-hydrogen) atoms. The zero-order chi connectivity index (χ0) is 19.8. The molecule has 0 bridgehead atoms. The van der Waals surface area contributed by atoms with Gasteiger partial charge in [-0.1, -0.05) is 29.8 Å². The average molecular weight is 411 g/mol. The Morgan fingerprint density at radius 3 is 2.68 bits per heavy atom. The number of aromatic nitrogens is 3. The molecule has 0 fully saturated rings. The summed E-state index contributed by atoms with van der Waals surface area (Å²) >= 11 is 2.85. The molecule has 6 nitrogen and oxygen atoms in total. The molecule has 0 saturated carbocycles. The van der Waals surface area contributed by atoms with Gasteiger partial charge in [0.2, 0.25) is 5.91 Å². The molecule has 142 valence electrons. The zero-order valence-electron chi connectivity index (χ0n) is 15.6. The predicted octanol–water partition coefficient (Wildman–Crippen LogP) is 4.15.